The fourth-order valence-corrected chi connectivity index (χ4v) is 3.26. The molecule has 0 saturated heterocycles. The van der Waals surface area contributed by atoms with Crippen molar-refractivity contribution in [2.24, 2.45) is 5.73 Å². The highest BCUT2D eigenvalue weighted by Crippen LogP contribution is 2.37. The van der Waals surface area contributed by atoms with Gasteiger partial charge >= 0.3 is 0 Å². The van der Waals surface area contributed by atoms with Crippen molar-refractivity contribution in [2.45, 2.75) is 51.6 Å². The van der Waals surface area contributed by atoms with Gasteiger partial charge in [0, 0.05) is 29.9 Å². The van der Waals surface area contributed by atoms with Gasteiger partial charge in [0.25, 0.3) is 0 Å². The quantitative estimate of drug-likeness (QED) is 0.883. The van der Waals surface area contributed by atoms with Gasteiger partial charge < -0.3 is 15.4 Å². The van der Waals surface area contributed by atoms with E-state index in [0.717, 1.165) is 17.9 Å². The molecule has 0 aromatic heterocycles. The summed E-state index contributed by atoms with van der Waals surface area (Å²) in [4.78, 5) is 2.51. The summed E-state index contributed by atoms with van der Waals surface area (Å²) < 4.78 is 5.50. The predicted molar refractivity (Wildman–Crippen MR) is 80.9 cm³/mol. The molecule has 0 heterocycles. The Bertz CT molecular complexity index is 411. The van der Waals surface area contributed by atoms with Gasteiger partial charge in [-0.15, -0.1) is 0 Å². The molecule has 1 aromatic carbocycles. The van der Waals surface area contributed by atoms with Gasteiger partial charge in [-0.1, -0.05) is 18.9 Å². The highest BCUT2D eigenvalue weighted by atomic mass is 16.5. The summed E-state index contributed by atoms with van der Waals surface area (Å²) >= 11 is 0. The molecule has 1 aliphatic carbocycles. The minimum atomic E-state index is -0.0124. The summed E-state index contributed by atoms with van der Waals surface area (Å²) in [5.41, 5.74) is 8.57. The Hall–Kier alpha value is -1.22. The Morgan fingerprint density at radius 1 is 1.37 bits per heavy atom. The maximum absolute atomic E-state index is 6.18. The Labute approximate surface area is 116 Å². The third-order valence-corrected chi connectivity index (χ3v) is 4.13. The van der Waals surface area contributed by atoms with Gasteiger partial charge in [-0.2, -0.15) is 0 Å². The molecule has 1 atom stereocenters. The van der Waals surface area contributed by atoms with Crippen molar-refractivity contribution in [3.8, 4) is 5.75 Å². The number of hydrogen-bond donors (Lipinski definition) is 1. The minimum Gasteiger partial charge on any atom is -0.496 e. The van der Waals surface area contributed by atoms with Crippen LogP contribution in [0.3, 0.4) is 0 Å². The lowest BCUT2D eigenvalue weighted by Gasteiger charge is -2.33. The van der Waals surface area contributed by atoms with E-state index in [1.807, 2.05) is 13.0 Å². The molecule has 0 spiro atoms. The zero-order valence-electron chi connectivity index (χ0n) is 12.4. The topological polar surface area (TPSA) is 38.5 Å². The first-order valence-electron chi connectivity index (χ1n) is 7.38. The lowest BCUT2D eigenvalue weighted by atomic mass is 10.0. The second-order valence-corrected chi connectivity index (χ2v) is 5.41. The molecule has 1 fully saturated rings. The van der Waals surface area contributed by atoms with Crippen molar-refractivity contribution in [3.63, 3.8) is 0 Å². The average molecular weight is 262 g/mol. The Kier molecular flexibility index (Phi) is 4.70. The number of methoxy groups -OCH3 is 1. The van der Waals surface area contributed by atoms with E-state index in [9.17, 15) is 0 Å². The van der Waals surface area contributed by atoms with E-state index in [-0.39, 0.29) is 6.04 Å². The van der Waals surface area contributed by atoms with E-state index in [1.165, 1.54) is 31.4 Å². The molecule has 0 unspecified atom stereocenters. The van der Waals surface area contributed by atoms with E-state index in [1.54, 1.807) is 7.11 Å². The number of hydrogen-bond acceptors (Lipinski definition) is 3. The Morgan fingerprint density at radius 2 is 2.05 bits per heavy atom. The first-order chi connectivity index (χ1) is 9.19. The van der Waals surface area contributed by atoms with Gasteiger partial charge in [-0.3, -0.25) is 0 Å². The zero-order chi connectivity index (χ0) is 13.8. The number of nitrogens with zero attached hydrogens (tertiary/aromatic N) is 1. The monoisotopic (exact) mass is 262 g/mol. The van der Waals surface area contributed by atoms with E-state index in [4.69, 9.17) is 10.5 Å². The van der Waals surface area contributed by atoms with Crippen LogP contribution < -0.4 is 15.4 Å². The van der Waals surface area contributed by atoms with Crippen molar-refractivity contribution in [2.75, 3.05) is 18.6 Å². The van der Waals surface area contributed by atoms with E-state index < -0.39 is 0 Å². The van der Waals surface area contributed by atoms with Crippen LogP contribution in [-0.2, 0) is 0 Å². The third kappa shape index (κ3) is 2.86. The SMILES string of the molecule is CCN(c1cccc(OC)c1[C@@H](C)N)C1CCCC1. The molecule has 0 radical (unpaired) electrons. The minimum absolute atomic E-state index is 0.0124. The first-order valence-corrected chi connectivity index (χ1v) is 7.38. The number of benzene rings is 1. The van der Waals surface area contributed by atoms with Crippen LogP contribution in [-0.4, -0.2) is 19.7 Å². The second kappa shape index (κ2) is 6.29. The van der Waals surface area contributed by atoms with Crippen LogP contribution in [0.2, 0.25) is 0 Å². The first kappa shape index (κ1) is 14.2. The lowest BCUT2D eigenvalue weighted by molar-refractivity contribution is 0.406. The van der Waals surface area contributed by atoms with Gasteiger partial charge in [0.05, 0.1) is 7.11 Å². The molecule has 0 bridgehead atoms. The van der Waals surface area contributed by atoms with Gasteiger partial charge in [0.1, 0.15) is 5.75 Å². The predicted octanol–water partition coefficient (Wildman–Crippen LogP) is 3.48. The molecule has 3 nitrogen and oxygen atoms in total. The van der Waals surface area contributed by atoms with Crippen LogP contribution in [0.4, 0.5) is 5.69 Å². The van der Waals surface area contributed by atoms with E-state index in [2.05, 4.69) is 24.0 Å². The molecule has 106 valence electrons. The van der Waals surface area contributed by atoms with Gasteiger partial charge in [0.2, 0.25) is 0 Å². The molecule has 1 saturated carbocycles. The molecule has 2 N–H and O–H groups in total. The van der Waals surface area contributed by atoms with Crippen LogP contribution in [0.1, 0.15) is 51.1 Å². The highest BCUT2D eigenvalue weighted by molar-refractivity contribution is 5.61. The smallest absolute Gasteiger partial charge is 0.125 e. The number of nitrogens with two attached hydrogens (primary N) is 1. The summed E-state index contributed by atoms with van der Waals surface area (Å²) in [6.45, 7) is 5.28. The Morgan fingerprint density at radius 3 is 2.58 bits per heavy atom. The fraction of sp³-hybridized carbons (Fsp3) is 0.625. The van der Waals surface area contributed by atoms with Crippen molar-refractivity contribution < 1.29 is 4.74 Å². The van der Waals surface area contributed by atoms with Crippen molar-refractivity contribution in [1.29, 1.82) is 0 Å². The third-order valence-electron chi connectivity index (χ3n) is 4.13. The molecule has 3 heteroatoms. The van der Waals surface area contributed by atoms with Crippen LogP contribution in [0.25, 0.3) is 0 Å². The fourth-order valence-electron chi connectivity index (χ4n) is 3.26. The zero-order valence-corrected chi connectivity index (χ0v) is 12.4. The molecule has 2 rings (SSSR count). The molecular formula is C16H26N2O. The molecule has 1 aliphatic rings. The normalized spacial score (nSPS) is 17.5. The van der Waals surface area contributed by atoms with E-state index >= 15 is 0 Å². The summed E-state index contributed by atoms with van der Waals surface area (Å²) in [5.74, 6) is 0.906. The number of anilines is 1. The van der Waals surface area contributed by atoms with Crippen molar-refractivity contribution in [1.82, 2.24) is 0 Å². The molecule has 19 heavy (non-hydrogen) atoms. The van der Waals surface area contributed by atoms with Crippen molar-refractivity contribution >= 4 is 5.69 Å². The molecule has 0 aliphatic heterocycles. The summed E-state index contributed by atoms with van der Waals surface area (Å²) in [6.07, 6.45) is 5.28. The van der Waals surface area contributed by atoms with Crippen molar-refractivity contribution in [3.05, 3.63) is 23.8 Å². The standard InChI is InChI=1S/C16H26N2O/c1-4-18(13-8-5-6-9-13)14-10-7-11-15(19-3)16(14)12(2)17/h7,10-13H,4-6,8-9,17H2,1-3H3/t12-/m1/s1. The Balaban J connectivity index is 2.41. The van der Waals surface area contributed by atoms with Crippen LogP contribution in [0.5, 0.6) is 5.75 Å². The average Bonchev–Trinajstić information content (AvgIpc) is 2.93. The summed E-state index contributed by atoms with van der Waals surface area (Å²) in [7, 11) is 1.72. The van der Waals surface area contributed by atoms with Gasteiger partial charge in [-0.05, 0) is 38.8 Å². The van der Waals surface area contributed by atoms with Crippen LogP contribution in [0, 0.1) is 0 Å². The number of ether oxygens (including phenoxy) is 1. The van der Waals surface area contributed by atoms with Crippen LogP contribution in [0.15, 0.2) is 18.2 Å². The molecular weight excluding hydrogens is 236 g/mol. The number of rotatable bonds is 5. The molecule has 1 aromatic rings. The maximum atomic E-state index is 6.18. The largest absolute Gasteiger partial charge is 0.496 e. The summed E-state index contributed by atoms with van der Waals surface area (Å²) in [5, 5.41) is 0. The summed E-state index contributed by atoms with van der Waals surface area (Å²) in [6, 6.07) is 6.90. The molecule has 0 amide bonds. The van der Waals surface area contributed by atoms with Crippen LogP contribution >= 0.6 is 0 Å². The van der Waals surface area contributed by atoms with Gasteiger partial charge in [0.15, 0.2) is 0 Å². The highest BCUT2D eigenvalue weighted by Gasteiger charge is 2.25. The lowest BCUT2D eigenvalue weighted by Crippen LogP contribution is -2.34. The second-order valence-electron chi connectivity index (χ2n) is 5.41. The maximum Gasteiger partial charge on any atom is 0.125 e. The van der Waals surface area contributed by atoms with Gasteiger partial charge in [-0.25, -0.2) is 0 Å². The van der Waals surface area contributed by atoms with E-state index in [0.29, 0.717) is 6.04 Å².